The number of pyridine rings is 1. The SMILES string of the molecule is COCCCOc1cc2c(cc1-c1ccco1)-c1cc(=O)c(C(=O)O)cn1C[C@@H]2COC(C)C. The molecule has 0 saturated heterocycles. The molecule has 0 aliphatic carbocycles. The van der Waals surface area contributed by atoms with Crippen molar-refractivity contribution in [1.82, 2.24) is 4.57 Å². The summed E-state index contributed by atoms with van der Waals surface area (Å²) in [5.74, 6) is 0.0247. The zero-order valence-electron chi connectivity index (χ0n) is 19.6. The number of aromatic carboxylic acids is 1. The number of carboxylic acids is 1. The molecule has 1 atom stereocenters. The first-order chi connectivity index (χ1) is 16.4. The van der Waals surface area contributed by atoms with Crippen LogP contribution < -0.4 is 10.2 Å². The van der Waals surface area contributed by atoms with Crippen molar-refractivity contribution < 1.29 is 28.5 Å². The Hall–Kier alpha value is -3.36. The average molecular weight is 468 g/mol. The Labute approximate surface area is 197 Å². The van der Waals surface area contributed by atoms with Gasteiger partial charge in [-0.1, -0.05) is 0 Å². The van der Waals surface area contributed by atoms with Crippen LogP contribution in [0, 0.1) is 0 Å². The van der Waals surface area contributed by atoms with Crippen LogP contribution in [0.15, 0.2) is 52.0 Å². The van der Waals surface area contributed by atoms with Gasteiger partial charge in [0.15, 0.2) is 5.43 Å². The summed E-state index contributed by atoms with van der Waals surface area (Å²) in [7, 11) is 1.65. The molecule has 180 valence electrons. The maximum absolute atomic E-state index is 12.5. The van der Waals surface area contributed by atoms with Crippen molar-refractivity contribution in [3.63, 3.8) is 0 Å². The standard InChI is InChI=1S/C26H29NO7/c1-16(2)34-15-17-13-27-14-21(26(29)30)23(28)12-22(27)19-10-20(24-6-4-8-32-24)25(11-18(17)19)33-9-5-7-31-3/h4,6,8,10-12,14,16-17H,5,7,9,13,15H2,1-3H3,(H,29,30)/t17-/m1/s1. The summed E-state index contributed by atoms with van der Waals surface area (Å²) >= 11 is 0. The number of benzene rings is 1. The number of ether oxygens (including phenoxy) is 3. The highest BCUT2D eigenvalue weighted by atomic mass is 16.5. The lowest BCUT2D eigenvalue weighted by molar-refractivity contribution is 0.0636. The fraction of sp³-hybridized carbons (Fsp3) is 0.385. The molecule has 1 aromatic carbocycles. The number of nitrogens with zero attached hydrogens (tertiary/aromatic N) is 1. The molecule has 0 bridgehead atoms. The summed E-state index contributed by atoms with van der Waals surface area (Å²) in [6.45, 7) is 5.95. The Morgan fingerprint density at radius 3 is 2.74 bits per heavy atom. The average Bonchev–Trinajstić information content (AvgIpc) is 3.34. The lowest BCUT2D eigenvalue weighted by Crippen LogP contribution is -2.27. The third-order valence-electron chi connectivity index (χ3n) is 5.81. The summed E-state index contributed by atoms with van der Waals surface area (Å²) in [4.78, 5) is 24.1. The van der Waals surface area contributed by atoms with E-state index in [0.717, 1.165) is 23.1 Å². The fourth-order valence-electron chi connectivity index (χ4n) is 4.19. The van der Waals surface area contributed by atoms with Gasteiger partial charge in [-0.25, -0.2) is 4.79 Å². The number of hydrogen-bond donors (Lipinski definition) is 1. The molecule has 4 rings (SSSR count). The smallest absolute Gasteiger partial charge is 0.341 e. The van der Waals surface area contributed by atoms with Gasteiger partial charge in [-0.3, -0.25) is 4.79 Å². The van der Waals surface area contributed by atoms with E-state index in [2.05, 4.69) is 0 Å². The monoisotopic (exact) mass is 467 g/mol. The number of methoxy groups -OCH3 is 1. The lowest BCUT2D eigenvalue weighted by Gasteiger charge is -2.31. The molecule has 0 amide bonds. The van der Waals surface area contributed by atoms with Gasteiger partial charge in [0.05, 0.1) is 36.8 Å². The number of hydrogen-bond acceptors (Lipinski definition) is 6. The Morgan fingerprint density at radius 2 is 2.06 bits per heavy atom. The first-order valence-corrected chi connectivity index (χ1v) is 11.3. The van der Waals surface area contributed by atoms with Crippen molar-refractivity contribution >= 4 is 5.97 Å². The van der Waals surface area contributed by atoms with Crippen LogP contribution in [0.2, 0.25) is 0 Å². The highest BCUT2D eigenvalue weighted by molar-refractivity contribution is 5.88. The quantitative estimate of drug-likeness (QED) is 0.441. The van der Waals surface area contributed by atoms with E-state index in [-0.39, 0.29) is 17.6 Å². The minimum atomic E-state index is -1.24. The fourth-order valence-corrected chi connectivity index (χ4v) is 4.19. The summed E-state index contributed by atoms with van der Waals surface area (Å²) < 4.78 is 24.7. The number of furan rings is 1. The molecular formula is C26H29NO7. The Morgan fingerprint density at radius 1 is 1.24 bits per heavy atom. The van der Waals surface area contributed by atoms with E-state index >= 15 is 0 Å². The molecule has 0 unspecified atom stereocenters. The molecule has 1 aliphatic heterocycles. The van der Waals surface area contributed by atoms with Crippen LogP contribution in [-0.2, 0) is 16.0 Å². The van der Waals surface area contributed by atoms with Gasteiger partial charge < -0.3 is 28.3 Å². The molecule has 8 nitrogen and oxygen atoms in total. The van der Waals surface area contributed by atoms with Gasteiger partial charge in [0.1, 0.15) is 17.1 Å². The van der Waals surface area contributed by atoms with Crippen LogP contribution in [0.4, 0.5) is 0 Å². The van der Waals surface area contributed by atoms with Gasteiger partial charge >= 0.3 is 5.97 Å². The maximum atomic E-state index is 12.5. The molecular weight excluding hydrogens is 438 g/mol. The van der Waals surface area contributed by atoms with Crippen molar-refractivity contribution in [1.29, 1.82) is 0 Å². The Kier molecular flexibility index (Phi) is 7.19. The van der Waals surface area contributed by atoms with E-state index in [9.17, 15) is 14.7 Å². The first kappa shape index (κ1) is 23.8. The molecule has 1 aliphatic rings. The van der Waals surface area contributed by atoms with Crippen molar-refractivity contribution in [3.8, 4) is 28.3 Å². The summed E-state index contributed by atoms with van der Waals surface area (Å²) in [6, 6.07) is 9.00. The van der Waals surface area contributed by atoms with Crippen molar-refractivity contribution in [2.24, 2.45) is 0 Å². The number of carbonyl (C=O) groups is 1. The first-order valence-electron chi connectivity index (χ1n) is 11.3. The molecule has 0 fully saturated rings. The molecule has 0 radical (unpaired) electrons. The second kappa shape index (κ2) is 10.3. The largest absolute Gasteiger partial charge is 0.493 e. The van der Waals surface area contributed by atoms with E-state index in [1.54, 1.807) is 19.4 Å². The normalized spacial score (nSPS) is 14.6. The molecule has 0 saturated carbocycles. The summed E-state index contributed by atoms with van der Waals surface area (Å²) in [5, 5.41) is 9.45. The molecule has 34 heavy (non-hydrogen) atoms. The molecule has 3 heterocycles. The van der Waals surface area contributed by atoms with Gasteiger partial charge in [-0.15, -0.1) is 0 Å². The second-order valence-electron chi connectivity index (χ2n) is 8.58. The van der Waals surface area contributed by atoms with Crippen LogP contribution >= 0.6 is 0 Å². The van der Waals surface area contributed by atoms with Gasteiger partial charge in [0.2, 0.25) is 0 Å². The van der Waals surface area contributed by atoms with E-state index < -0.39 is 11.4 Å². The second-order valence-corrected chi connectivity index (χ2v) is 8.58. The topological polar surface area (TPSA) is 100 Å². The Bertz CT molecular complexity index is 1210. The highest BCUT2D eigenvalue weighted by Crippen LogP contribution is 2.43. The third kappa shape index (κ3) is 4.93. The number of carboxylic acid groups (broad SMARTS) is 1. The summed E-state index contributed by atoms with van der Waals surface area (Å²) in [5.41, 5.74) is 2.45. The minimum absolute atomic E-state index is 0.0422. The molecule has 0 spiro atoms. The van der Waals surface area contributed by atoms with Crippen molar-refractivity contribution in [3.05, 3.63) is 64.1 Å². The van der Waals surface area contributed by atoms with Crippen LogP contribution in [0.5, 0.6) is 5.75 Å². The molecule has 3 aromatic rings. The minimum Gasteiger partial charge on any atom is -0.493 e. The molecule has 8 heteroatoms. The number of aromatic nitrogens is 1. The molecule has 1 N–H and O–H groups in total. The van der Waals surface area contributed by atoms with E-state index in [4.69, 9.17) is 18.6 Å². The molecule has 2 aromatic heterocycles. The van der Waals surface area contributed by atoms with Crippen LogP contribution in [0.25, 0.3) is 22.6 Å². The zero-order chi connectivity index (χ0) is 24.2. The lowest BCUT2D eigenvalue weighted by atomic mass is 9.86. The van der Waals surface area contributed by atoms with Crippen LogP contribution in [0.3, 0.4) is 0 Å². The van der Waals surface area contributed by atoms with Crippen LogP contribution in [0.1, 0.15) is 42.1 Å². The van der Waals surface area contributed by atoms with Gasteiger partial charge in [-0.05, 0) is 43.7 Å². The number of rotatable bonds is 10. The third-order valence-corrected chi connectivity index (χ3v) is 5.81. The van der Waals surface area contributed by atoms with E-state index in [1.165, 1.54) is 12.3 Å². The predicted octanol–water partition coefficient (Wildman–Crippen LogP) is 4.41. The predicted molar refractivity (Wildman–Crippen MR) is 127 cm³/mol. The van der Waals surface area contributed by atoms with Gasteiger partial charge in [0, 0.05) is 50.4 Å². The van der Waals surface area contributed by atoms with E-state index in [0.29, 0.717) is 43.6 Å². The van der Waals surface area contributed by atoms with Crippen LogP contribution in [-0.4, -0.2) is 48.7 Å². The summed E-state index contributed by atoms with van der Waals surface area (Å²) in [6.07, 6.45) is 3.80. The van der Waals surface area contributed by atoms with E-state index in [1.807, 2.05) is 36.6 Å². The van der Waals surface area contributed by atoms with Gasteiger partial charge in [0.25, 0.3) is 0 Å². The van der Waals surface area contributed by atoms with Gasteiger partial charge in [-0.2, -0.15) is 0 Å². The maximum Gasteiger partial charge on any atom is 0.341 e. The van der Waals surface area contributed by atoms with Crippen molar-refractivity contribution in [2.45, 2.75) is 38.8 Å². The number of fused-ring (bicyclic) bond motifs is 3. The van der Waals surface area contributed by atoms with Crippen molar-refractivity contribution in [2.75, 3.05) is 26.9 Å². The highest BCUT2D eigenvalue weighted by Gasteiger charge is 2.29. The zero-order valence-corrected chi connectivity index (χ0v) is 19.6. The Balaban J connectivity index is 1.86.